The van der Waals surface area contributed by atoms with Crippen LogP contribution in [0.5, 0.6) is 5.75 Å². The Hall–Kier alpha value is -0.350. The number of aldehydes is 1. The van der Waals surface area contributed by atoms with Gasteiger partial charge in [0.05, 0.1) is 11.6 Å². The van der Waals surface area contributed by atoms with E-state index in [1.807, 2.05) is 5.38 Å². The van der Waals surface area contributed by atoms with Crippen LogP contribution < -0.4 is 4.74 Å². The van der Waals surface area contributed by atoms with Crippen LogP contribution in [0.4, 0.5) is 0 Å². The molecule has 0 aliphatic heterocycles. The lowest BCUT2D eigenvalue weighted by Crippen LogP contribution is -1.84. The average molecular weight is 221 g/mol. The topological polar surface area (TPSA) is 26.3 Å². The monoisotopic (exact) mass is 220 g/mol. The predicted octanol–water partition coefficient (Wildman–Crippen LogP) is 2.33. The second-order valence-electron chi connectivity index (χ2n) is 1.60. The zero-order valence-corrected chi connectivity index (χ0v) is 7.66. The normalized spacial score (nSPS) is 9.40. The maximum Gasteiger partial charge on any atom is 0.163 e. The molecule has 0 saturated carbocycles. The molecule has 2 nitrogen and oxygen atoms in total. The summed E-state index contributed by atoms with van der Waals surface area (Å²) in [5, 5.41) is 1.82. The lowest BCUT2D eigenvalue weighted by Gasteiger charge is -1.95. The van der Waals surface area contributed by atoms with Crippen LogP contribution in [-0.2, 0) is 0 Å². The van der Waals surface area contributed by atoms with Crippen LogP contribution in [0.25, 0.3) is 0 Å². The number of carbonyl (C=O) groups excluding carboxylic acids is 1. The Bertz CT molecular complexity index is 244. The molecule has 10 heavy (non-hydrogen) atoms. The van der Waals surface area contributed by atoms with Crippen LogP contribution in [0.1, 0.15) is 9.67 Å². The number of halogens is 1. The molecule has 0 aromatic carbocycles. The highest BCUT2D eigenvalue weighted by atomic mass is 79.9. The molecule has 0 amide bonds. The summed E-state index contributed by atoms with van der Waals surface area (Å²) >= 11 is 4.61. The minimum absolute atomic E-state index is 0.620. The molecule has 4 heteroatoms. The predicted molar refractivity (Wildman–Crippen MR) is 44.0 cm³/mol. The molecule has 1 rings (SSSR count). The van der Waals surface area contributed by atoms with Crippen molar-refractivity contribution in [2.24, 2.45) is 0 Å². The van der Waals surface area contributed by atoms with E-state index in [9.17, 15) is 4.79 Å². The van der Waals surface area contributed by atoms with Crippen LogP contribution in [-0.4, -0.2) is 13.4 Å². The van der Waals surface area contributed by atoms with Crippen molar-refractivity contribution in [3.05, 3.63) is 14.7 Å². The zero-order chi connectivity index (χ0) is 7.56. The van der Waals surface area contributed by atoms with Gasteiger partial charge in [-0.15, -0.1) is 11.3 Å². The van der Waals surface area contributed by atoms with Crippen LogP contribution >= 0.6 is 27.3 Å². The fourth-order valence-corrected chi connectivity index (χ4v) is 2.10. The molecule has 0 N–H and O–H groups in total. The number of rotatable bonds is 2. The summed E-state index contributed by atoms with van der Waals surface area (Å²) in [5.41, 5.74) is 0. The minimum atomic E-state index is 0.620. The first-order chi connectivity index (χ1) is 4.79. The third-order valence-corrected chi connectivity index (χ3v) is 2.82. The van der Waals surface area contributed by atoms with Gasteiger partial charge in [-0.25, -0.2) is 0 Å². The van der Waals surface area contributed by atoms with E-state index in [1.54, 1.807) is 7.11 Å². The summed E-state index contributed by atoms with van der Waals surface area (Å²) in [5.74, 6) is 0.625. The van der Waals surface area contributed by atoms with E-state index in [0.29, 0.717) is 10.6 Å². The Morgan fingerprint density at radius 3 is 2.90 bits per heavy atom. The molecule has 0 saturated heterocycles. The average Bonchev–Trinajstić information content (AvgIpc) is 2.30. The number of methoxy groups -OCH3 is 1. The lowest BCUT2D eigenvalue weighted by atomic mass is 10.4. The van der Waals surface area contributed by atoms with Gasteiger partial charge in [0.2, 0.25) is 0 Å². The van der Waals surface area contributed by atoms with Crippen LogP contribution in [0.15, 0.2) is 9.85 Å². The molecule has 0 spiro atoms. The molecule has 0 aliphatic carbocycles. The minimum Gasteiger partial charge on any atom is -0.494 e. The number of hydrogen-bond acceptors (Lipinski definition) is 3. The van der Waals surface area contributed by atoms with Crippen LogP contribution in [0, 0.1) is 0 Å². The first-order valence-electron chi connectivity index (χ1n) is 2.55. The lowest BCUT2D eigenvalue weighted by molar-refractivity contribution is 0.112. The van der Waals surface area contributed by atoms with Crippen molar-refractivity contribution in [3.63, 3.8) is 0 Å². The van der Waals surface area contributed by atoms with Crippen molar-refractivity contribution in [2.45, 2.75) is 0 Å². The summed E-state index contributed by atoms with van der Waals surface area (Å²) < 4.78 is 5.77. The Morgan fingerprint density at radius 2 is 2.50 bits per heavy atom. The first-order valence-corrected chi connectivity index (χ1v) is 4.23. The highest BCUT2D eigenvalue weighted by Gasteiger charge is 2.07. The van der Waals surface area contributed by atoms with E-state index < -0.39 is 0 Å². The van der Waals surface area contributed by atoms with Crippen molar-refractivity contribution < 1.29 is 9.53 Å². The number of thiophene rings is 1. The number of hydrogen-bond donors (Lipinski definition) is 0. The molecule has 0 atom stereocenters. The smallest absolute Gasteiger partial charge is 0.163 e. The second-order valence-corrected chi connectivity index (χ2v) is 3.36. The van der Waals surface area contributed by atoms with E-state index in [1.165, 1.54) is 11.3 Å². The van der Waals surface area contributed by atoms with E-state index in [4.69, 9.17) is 4.74 Å². The van der Waals surface area contributed by atoms with Gasteiger partial charge in [0.15, 0.2) is 12.0 Å². The van der Waals surface area contributed by atoms with Gasteiger partial charge < -0.3 is 4.74 Å². The van der Waals surface area contributed by atoms with Gasteiger partial charge in [-0.1, -0.05) is 0 Å². The van der Waals surface area contributed by atoms with E-state index in [-0.39, 0.29) is 0 Å². The van der Waals surface area contributed by atoms with Gasteiger partial charge in [-0.05, 0) is 15.9 Å². The molecule has 0 radical (unpaired) electrons. The highest BCUT2D eigenvalue weighted by Crippen LogP contribution is 2.33. The van der Waals surface area contributed by atoms with E-state index in [0.717, 1.165) is 10.8 Å². The Morgan fingerprint density at radius 1 is 1.80 bits per heavy atom. The van der Waals surface area contributed by atoms with Gasteiger partial charge in [0, 0.05) is 5.38 Å². The Labute approximate surface area is 70.9 Å². The van der Waals surface area contributed by atoms with Crippen LogP contribution in [0.3, 0.4) is 0 Å². The van der Waals surface area contributed by atoms with Gasteiger partial charge >= 0.3 is 0 Å². The van der Waals surface area contributed by atoms with Crippen molar-refractivity contribution in [2.75, 3.05) is 7.11 Å². The summed E-state index contributed by atoms with van der Waals surface area (Å²) in [7, 11) is 1.54. The standard InChI is InChI=1S/C6H5BrO2S/c1-9-6-4(7)3-10-5(6)2-8/h2-3H,1H3. The molecule has 0 bridgehead atoms. The first kappa shape index (κ1) is 7.75. The largest absolute Gasteiger partial charge is 0.494 e. The molecular weight excluding hydrogens is 216 g/mol. The Balaban J connectivity index is 3.12. The molecule has 0 aliphatic rings. The summed E-state index contributed by atoms with van der Waals surface area (Å²) in [6.45, 7) is 0. The fourth-order valence-electron chi connectivity index (χ4n) is 0.619. The molecule has 1 aromatic heterocycles. The highest BCUT2D eigenvalue weighted by molar-refractivity contribution is 9.10. The molecular formula is C6H5BrO2S. The van der Waals surface area contributed by atoms with Crippen molar-refractivity contribution in [1.82, 2.24) is 0 Å². The van der Waals surface area contributed by atoms with Gasteiger partial charge in [0.25, 0.3) is 0 Å². The Kier molecular flexibility index (Phi) is 2.45. The van der Waals surface area contributed by atoms with Gasteiger partial charge in [-0.2, -0.15) is 0 Å². The third-order valence-electron chi connectivity index (χ3n) is 1.04. The zero-order valence-electron chi connectivity index (χ0n) is 5.26. The number of ether oxygens (including phenoxy) is 1. The van der Waals surface area contributed by atoms with E-state index in [2.05, 4.69) is 15.9 Å². The number of carbonyl (C=O) groups is 1. The molecule has 1 heterocycles. The maximum absolute atomic E-state index is 10.3. The SMILES string of the molecule is COc1c(Br)csc1C=O. The summed E-state index contributed by atoms with van der Waals surface area (Å²) in [4.78, 5) is 10.9. The second kappa shape index (κ2) is 3.16. The quantitative estimate of drug-likeness (QED) is 0.716. The van der Waals surface area contributed by atoms with E-state index >= 15 is 0 Å². The molecule has 0 unspecified atom stereocenters. The third kappa shape index (κ3) is 1.22. The maximum atomic E-state index is 10.3. The summed E-state index contributed by atoms with van der Waals surface area (Å²) in [6.07, 6.45) is 0.786. The van der Waals surface area contributed by atoms with Gasteiger partial charge in [-0.3, -0.25) is 4.79 Å². The molecule has 54 valence electrons. The van der Waals surface area contributed by atoms with Crippen molar-refractivity contribution in [1.29, 1.82) is 0 Å². The van der Waals surface area contributed by atoms with Crippen molar-refractivity contribution >= 4 is 33.6 Å². The van der Waals surface area contributed by atoms with Crippen molar-refractivity contribution in [3.8, 4) is 5.75 Å². The summed E-state index contributed by atoms with van der Waals surface area (Å²) in [6, 6.07) is 0. The molecule has 0 fully saturated rings. The fraction of sp³-hybridized carbons (Fsp3) is 0.167. The molecule has 1 aromatic rings. The van der Waals surface area contributed by atoms with Gasteiger partial charge in [0.1, 0.15) is 4.88 Å². The van der Waals surface area contributed by atoms with Crippen LogP contribution in [0.2, 0.25) is 0 Å².